The summed E-state index contributed by atoms with van der Waals surface area (Å²) in [5.41, 5.74) is 3.09. The predicted molar refractivity (Wildman–Crippen MR) is 102 cm³/mol. The summed E-state index contributed by atoms with van der Waals surface area (Å²) in [5.74, 6) is 0.195. The fraction of sp³-hybridized carbons (Fsp3) is 0.300. The van der Waals surface area contributed by atoms with Crippen LogP contribution in [0.3, 0.4) is 0 Å². The minimum atomic E-state index is -0.255. The number of imidazole rings is 1. The number of fused-ring (bicyclic) bond motifs is 1. The second-order valence-electron chi connectivity index (χ2n) is 6.38. The topological polar surface area (TPSA) is 38.1 Å². The zero-order valence-electron chi connectivity index (χ0n) is 14.3. The number of aromatic nitrogens is 2. The molecule has 0 bridgehead atoms. The number of hydrogen-bond donors (Lipinski definition) is 0. The number of thioether (sulfide) groups is 1. The van der Waals surface area contributed by atoms with Crippen LogP contribution in [-0.2, 0) is 11.8 Å². The van der Waals surface area contributed by atoms with Crippen LogP contribution >= 0.6 is 11.8 Å². The van der Waals surface area contributed by atoms with Gasteiger partial charge < -0.3 is 9.47 Å². The maximum atomic E-state index is 13.1. The number of hydrogen-bond acceptors (Lipinski definition) is 3. The Morgan fingerprint density at radius 3 is 2.44 bits per heavy atom. The van der Waals surface area contributed by atoms with Gasteiger partial charge in [0.15, 0.2) is 5.16 Å². The zero-order chi connectivity index (χ0) is 17.2. The molecule has 0 spiro atoms. The number of rotatable bonds is 4. The first-order valence-corrected chi connectivity index (χ1v) is 9.54. The lowest BCUT2D eigenvalue weighted by molar-refractivity contribution is -0.129. The van der Waals surface area contributed by atoms with Crippen molar-refractivity contribution >= 4 is 28.7 Å². The molecule has 25 heavy (non-hydrogen) atoms. The molecule has 2 heterocycles. The molecule has 5 heteroatoms. The summed E-state index contributed by atoms with van der Waals surface area (Å²) in [6.45, 7) is 1.73. The highest BCUT2D eigenvalue weighted by Crippen LogP contribution is 2.37. The average Bonchev–Trinajstić information content (AvgIpc) is 3.29. The number of nitrogens with zero attached hydrogens (tertiary/aromatic N) is 3. The van der Waals surface area contributed by atoms with Gasteiger partial charge in [-0.05, 0) is 30.5 Å². The summed E-state index contributed by atoms with van der Waals surface area (Å²) >= 11 is 1.55. The molecular formula is C20H21N3OS. The molecule has 0 radical (unpaired) electrons. The van der Waals surface area contributed by atoms with Crippen molar-refractivity contribution in [2.24, 2.45) is 7.05 Å². The van der Waals surface area contributed by atoms with Crippen LogP contribution < -0.4 is 0 Å². The number of amides is 1. The molecule has 1 aliphatic heterocycles. The molecule has 3 aromatic rings. The monoisotopic (exact) mass is 351 g/mol. The molecule has 0 saturated carbocycles. The number of likely N-dealkylation sites (tertiary alicyclic amines) is 1. The third kappa shape index (κ3) is 3.16. The maximum absolute atomic E-state index is 13.1. The quantitative estimate of drug-likeness (QED) is 0.666. The summed E-state index contributed by atoms with van der Waals surface area (Å²) < 4.78 is 2.08. The normalized spacial score (nSPS) is 15.6. The molecule has 1 fully saturated rings. The Labute approximate surface area is 151 Å². The first-order chi connectivity index (χ1) is 12.2. The summed E-state index contributed by atoms with van der Waals surface area (Å²) in [6.07, 6.45) is 2.20. The largest absolute Gasteiger partial charge is 0.341 e. The van der Waals surface area contributed by atoms with E-state index >= 15 is 0 Å². The first kappa shape index (κ1) is 16.2. The minimum Gasteiger partial charge on any atom is -0.341 e. The van der Waals surface area contributed by atoms with Gasteiger partial charge in [0.25, 0.3) is 0 Å². The van der Waals surface area contributed by atoms with Gasteiger partial charge in [0.2, 0.25) is 5.91 Å². The van der Waals surface area contributed by atoms with E-state index in [0.29, 0.717) is 0 Å². The number of carbonyl (C=O) groups is 1. The highest BCUT2D eigenvalue weighted by Gasteiger charge is 2.30. The van der Waals surface area contributed by atoms with Crippen molar-refractivity contribution < 1.29 is 4.79 Å². The maximum Gasteiger partial charge on any atom is 0.240 e. The number of para-hydroxylation sites is 2. The van der Waals surface area contributed by atoms with Gasteiger partial charge >= 0.3 is 0 Å². The number of aryl methyl sites for hydroxylation is 1. The number of benzene rings is 2. The highest BCUT2D eigenvalue weighted by molar-refractivity contribution is 8.00. The van der Waals surface area contributed by atoms with Gasteiger partial charge in [0.05, 0.1) is 11.0 Å². The van der Waals surface area contributed by atoms with Crippen LogP contribution in [-0.4, -0.2) is 33.4 Å². The molecule has 128 valence electrons. The van der Waals surface area contributed by atoms with E-state index in [-0.39, 0.29) is 11.2 Å². The standard InChI is InChI=1S/C20H21N3OS/c1-22-17-12-6-5-11-16(17)21-20(22)25-18(15-9-3-2-4-10-15)19(24)23-13-7-8-14-23/h2-6,9-12,18H,7-8,13-14H2,1H3. The molecular weight excluding hydrogens is 330 g/mol. The zero-order valence-corrected chi connectivity index (χ0v) is 15.1. The van der Waals surface area contributed by atoms with E-state index in [4.69, 9.17) is 4.98 Å². The Bertz CT molecular complexity index is 884. The molecule has 1 saturated heterocycles. The van der Waals surface area contributed by atoms with Gasteiger partial charge in [0.1, 0.15) is 5.25 Å². The Balaban J connectivity index is 1.70. The SMILES string of the molecule is Cn1c(SC(C(=O)N2CCCC2)c2ccccc2)nc2ccccc21. The van der Waals surface area contributed by atoms with Crippen LogP contribution in [0, 0.1) is 0 Å². The van der Waals surface area contributed by atoms with Crippen molar-refractivity contribution in [3.05, 3.63) is 60.2 Å². The van der Waals surface area contributed by atoms with E-state index in [1.54, 1.807) is 11.8 Å². The molecule has 2 aromatic carbocycles. The number of carbonyl (C=O) groups excluding carboxylic acids is 1. The van der Waals surface area contributed by atoms with Gasteiger partial charge in [-0.2, -0.15) is 0 Å². The van der Waals surface area contributed by atoms with Crippen molar-refractivity contribution in [3.63, 3.8) is 0 Å². The summed E-state index contributed by atoms with van der Waals surface area (Å²) in [7, 11) is 2.01. The van der Waals surface area contributed by atoms with Gasteiger partial charge in [0, 0.05) is 20.1 Å². The van der Waals surface area contributed by atoms with E-state index in [9.17, 15) is 4.79 Å². The van der Waals surface area contributed by atoms with Crippen LogP contribution in [0.2, 0.25) is 0 Å². The van der Waals surface area contributed by atoms with Gasteiger partial charge in [-0.1, -0.05) is 54.2 Å². The second kappa shape index (κ2) is 6.92. The van der Waals surface area contributed by atoms with Crippen LogP contribution in [0.25, 0.3) is 11.0 Å². The van der Waals surface area contributed by atoms with E-state index in [1.807, 2.05) is 60.5 Å². The van der Waals surface area contributed by atoms with E-state index in [2.05, 4.69) is 10.6 Å². The fourth-order valence-electron chi connectivity index (χ4n) is 3.33. The van der Waals surface area contributed by atoms with Crippen LogP contribution in [0.1, 0.15) is 23.7 Å². The van der Waals surface area contributed by atoms with E-state index in [1.165, 1.54) is 0 Å². The van der Waals surface area contributed by atoms with Gasteiger partial charge in [-0.25, -0.2) is 4.98 Å². The summed E-state index contributed by atoms with van der Waals surface area (Å²) in [4.78, 5) is 19.9. The minimum absolute atomic E-state index is 0.195. The lowest BCUT2D eigenvalue weighted by Gasteiger charge is -2.23. The van der Waals surface area contributed by atoms with Crippen molar-refractivity contribution in [2.75, 3.05) is 13.1 Å². The third-order valence-corrected chi connectivity index (χ3v) is 6.00. The Hall–Kier alpha value is -2.27. The summed E-state index contributed by atoms with van der Waals surface area (Å²) in [5, 5.41) is 0.623. The molecule has 4 rings (SSSR count). The van der Waals surface area contributed by atoms with Crippen molar-refractivity contribution in [1.29, 1.82) is 0 Å². The van der Waals surface area contributed by atoms with Crippen molar-refractivity contribution in [3.8, 4) is 0 Å². The van der Waals surface area contributed by atoms with Crippen LogP contribution in [0.15, 0.2) is 59.8 Å². The van der Waals surface area contributed by atoms with Gasteiger partial charge in [-0.3, -0.25) is 4.79 Å². The second-order valence-corrected chi connectivity index (χ2v) is 7.46. The molecule has 0 aliphatic carbocycles. The molecule has 1 aliphatic rings. The van der Waals surface area contributed by atoms with Crippen LogP contribution in [0.5, 0.6) is 0 Å². The molecule has 1 unspecified atom stereocenters. The van der Waals surface area contributed by atoms with E-state index < -0.39 is 0 Å². The summed E-state index contributed by atoms with van der Waals surface area (Å²) in [6, 6.07) is 18.1. The average molecular weight is 351 g/mol. The first-order valence-electron chi connectivity index (χ1n) is 8.66. The van der Waals surface area contributed by atoms with E-state index in [0.717, 1.165) is 47.7 Å². The third-order valence-electron chi connectivity index (χ3n) is 4.71. The Kier molecular flexibility index (Phi) is 4.49. The molecule has 1 aromatic heterocycles. The van der Waals surface area contributed by atoms with Gasteiger partial charge in [-0.15, -0.1) is 0 Å². The lowest BCUT2D eigenvalue weighted by atomic mass is 10.1. The highest BCUT2D eigenvalue weighted by atomic mass is 32.2. The Morgan fingerprint density at radius 1 is 1.04 bits per heavy atom. The Morgan fingerprint density at radius 2 is 1.72 bits per heavy atom. The molecule has 1 atom stereocenters. The fourth-order valence-corrected chi connectivity index (χ4v) is 4.49. The predicted octanol–water partition coefficient (Wildman–Crippen LogP) is 4.03. The molecule has 4 nitrogen and oxygen atoms in total. The lowest BCUT2D eigenvalue weighted by Crippen LogP contribution is -2.31. The van der Waals surface area contributed by atoms with Crippen LogP contribution in [0.4, 0.5) is 0 Å². The smallest absolute Gasteiger partial charge is 0.240 e. The molecule has 1 amide bonds. The van der Waals surface area contributed by atoms with Crippen molar-refractivity contribution in [1.82, 2.24) is 14.5 Å². The van der Waals surface area contributed by atoms with Crippen molar-refractivity contribution in [2.45, 2.75) is 23.2 Å². The molecule has 0 N–H and O–H groups in total.